The van der Waals surface area contributed by atoms with Crippen molar-refractivity contribution in [3.05, 3.63) is 32.7 Å². The normalized spacial score (nSPS) is 16.8. The average molecular weight is 375 g/mol. The first-order valence-corrected chi connectivity index (χ1v) is 8.47. The third kappa shape index (κ3) is 4.36. The molecule has 1 aliphatic rings. The molecular weight excluding hydrogens is 354 g/mol. The topological polar surface area (TPSA) is 12.0 Å². The molecule has 1 aromatic rings. The molecule has 3 heteroatoms. The lowest BCUT2D eigenvalue weighted by Gasteiger charge is -2.20. The maximum absolute atomic E-state index is 3.69. The van der Waals surface area contributed by atoms with Gasteiger partial charge in [0.15, 0.2) is 0 Å². The van der Waals surface area contributed by atoms with Crippen molar-refractivity contribution in [3.8, 4) is 0 Å². The molecule has 1 nitrogen and oxygen atoms in total. The third-order valence-corrected chi connectivity index (χ3v) is 4.75. The van der Waals surface area contributed by atoms with Crippen LogP contribution in [0.1, 0.15) is 50.6 Å². The summed E-state index contributed by atoms with van der Waals surface area (Å²) in [5.41, 5.74) is 1.39. The van der Waals surface area contributed by atoms with Crippen molar-refractivity contribution in [1.29, 1.82) is 0 Å². The summed E-state index contributed by atoms with van der Waals surface area (Å²) >= 11 is 7.26. The average Bonchev–Trinajstić information content (AvgIpc) is 3.17. The summed E-state index contributed by atoms with van der Waals surface area (Å²) < 4.78 is 2.38. The van der Waals surface area contributed by atoms with Gasteiger partial charge in [-0.1, -0.05) is 51.6 Å². The van der Waals surface area contributed by atoms with Crippen LogP contribution in [-0.4, -0.2) is 6.54 Å². The molecule has 0 radical (unpaired) electrons. The van der Waals surface area contributed by atoms with Gasteiger partial charge in [0.1, 0.15) is 0 Å². The Kier molecular flexibility index (Phi) is 5.71. The van der Waals surface area contributed by atoms with Crippen molar-refractivity contribution in [2.45, 2.75) is 45.1 Å². The van der Waals surface area contributed by atoms with Gasteiger partial charge in [0.05, 0.1) is 0 Å². The maximum Gasteiger partial charge on any atom is 0.0331 e. The van der Waals surface area contributed by atoms with Gasteiger partial charge in [-0.25, -0.2) is 0 Å². The number of benzene rings is 1. The second-order valence-electron chi connectivity index (χ2n) is 5.19. The monoisotopic (exact) mass is 373 g/mol. The van der Waals surface area contributed by atoms with E-state index in [1.807, 2.05) is 0 Å². The number of rotatable bonds is 7. The van der Waals surface area contributed by atoms with Crippen LogP contribution >= 0.6 is 31.9 Å². The fourth-order valence-corrected chi connectivity index (χ4v) is 3.18. The van der Waals surface area contributed by atoms with Gasteiger partial charge in [-0.3, -0.25) is 0 Å². The van der Waals surface area contributed by atoms with Crippen LogP contribution in [0.3, 0.4) is 0 Å². The Balaban J connectivity index is 2.06. The summed E-state index contributed by atoms with van der Waals surface area (Å²) in [5, 5.41) is 3.69. The number of nitrogens with one attached hydrogen (secondary N) is 1. The quantitative estimate of drug-likeness (QED) is 0.669. The zero-order valence-corrected chi connectivity index (χ0v) is 14.1. The lowest BCUT2D eigenvalue weighted by molar-refractivity contribution is 0.468. The SMILES string of the molecule is CCCNC(CCC1CC1)c1cc(Br)ccc1Br. The fraction of sp³-hybridized carbons (Fsp3) is 0.600. The molecule has 1 fully saturated rings. The molecule has 1 aliphatic carbocycles. The highest BCUT2D eigenvalue weighted by atomic mass is 79.9. The van der Waals surface area contributed by atoms with Crippen LogP contribution < -0.4 is 5.32 Å². The van der Waals surface area contributed by atoms with Gasteiger partial charge in [-0.2, -0.15) is 0 Å². The van der Waals surface area contributed by atoms with Crippen LogP contribution in [0, 0.1) is 5.92 Å². The first-order chi connectivity index (χ1) is 8.70. The minimum atomic E-state index is 0.484. The van der Waals surface area contributed by atoms with E-state index in [9.17, 15) is 0 Å². The molecule has 0 bridgehead atoms. The van der Waals surface area contributed by atoms with E-state index >= 15 is 0 Å². The summed E-state index contributed by atoms with van der Waals surface area (Å²) in [5.74, 6) is 1.00. The van der Waals surface area contributed by atoms with E-state index in [-0.39, 0.29) is 0 Å². The van der Waals surface area contributed by atoms with E-state index in [4.69, 9.17) is 0 Å². The van der Waals surface area contributed by atoms with Crippen LogP contribution in [0.4, 0.5) is 0 Å². The zero-order valence-electron chi connectivity index (χ0n) is 10.9. The highest BCUT2D eigenvalue weighted by Gasteiger charge is 2.23. The van der Waals surface area contributed by atoms with Gasteiger partial charge in [0.2, 0.25) is 0 Å². The zero-order chi connectivity index (χ0) is 13.0. The summed E-state index contributed by atoms with van der Waals surface area (Å²) in [6, 6.07) is 6.95. The molecule has 1 atom stereocenters. The van der Waals surface area contributed by atoms with Gasteiger partial charge in [0.25, 0.3) is 0 Å². The molecule has 0 heterocycles. The molecule has 0 aromatic heterocycles. The van der Waals surface area contributed by atoms with E-state index in [0.717, 1.165) is 16.9 Å². The van der Waals surface area contributed by atoms with Gasteiger partial charge in [0, 0.05) is 15.0 Å². The highest BCUT2D eigenvalue weighted by Crippen LogP contribution is 2.37. The van der Waals surface area contributed by atoms with E-state index < -0.39 is 0 Å². The number of halogens is 2. The molecule has 1 aromatic carbocycles. The summed E-state index contributed by atoms with van der Waals surface area (Å²) in [6.07, 6.45) is 6.69. The molecule has 1 unspecified atom stereocenters. The molecule has 2 rings (SSSR count). The van der Waals surface area contributed by atoms with Crippen molar-refractivity contribution in [2.75, 3.05) is 6.54 Å². The van der Waals surface area contributed by atoms with Crippen molar-refractivity contribution in [2.24, 2.45) is 5.92 Å². The predicted molar refractivity (Wildman–Crippen MR) is 84.8 cm³/mol. The minimum absolute atomic E-state index is 0.484. The van der Waals surface area contributed by atoms with Crippen molar-refractivity contribution in [1.82, 2.24) is 5.32 Å². The molecule has 0 amide bonds. The number of hydrogen-bond donors (Lipinski definition) is 1. The molecule has 0 spiro atoms. The van der Waals surface area contributed by atoms with Crippen LogP contribution in [0.15, 0.2) is 27.1 Å². The van der Waals surface area contributed by atoms with Crippen LogP contribution in [0.2, 0.25) is 0 Å². The molecule has 1 N–H and O–H groups in total. The van der Waals surface area contributed by atoms with E-state index in [2.05, 4.69) is 62.3 Å². The standard InChI is InChI=1S/C15H21Br2N/c1-2-9-18-15(8-5-11-3-4-11)13-10-12(16)6-7-14(13)17/h6-7,10-11,15,18H,2-5,8-9H2,1H3. The largest absolute Gasteiger partial charge is 0.310 e. The molecule has 0 saturated heterocycles. The first-order valence-electron chi connectivity index (χ1n) is 6.89. The summed E-state index contributed by atoms with van der Waals surface area (Å²) in [4.78, 5) is 0. The fourth-order valence-electron chi connectivity index (χ4n) is 2.28. The van der Waals surface area contributed by atoms with Gasteiger partial charge in [-0.05, 0) is 55.5 Å². The molecule has 0 aliphatic heterocycles. The summed E-state index contributed by atoms with van der Waals surface area (Å²) in [6.45, 7) is 3.31. The van der Waals surface area contributed by atoms with Crippen LogP contribution in [0.5, 0.6) is 0 Å². The Hall–Kier alpha value is 0.140. The Morgan fingerprint density at radius 1 is 1.33 bits per heavy atom. The molecule has 1 saturated carbocycles. The third-order valence-electron chi connectivity index (χ3n) is 3.53. The van der Waals surface area contributed by atoms with Gasteiger partial charge in [-0.15, -0.1) is 0 Å². The van der Waals surface area contributed by atoms with E-state index in [1.165, 1.54) is 42.1 Å². The van der Waals surface area contributed by atoms with Crippen LogP contribution in [0.25, 0.3) is 0 Å². The van der Waals surface area contributed by atoms with Gasteiger partial charge < -0.3 is 5.32 Å². The second kappa shape index (κ2) is 7.06. The Bertz CT molecular complexity index is 388. The number of hydrogen-bond acceptors (Lipinski definition) is 1. The molecular formula is C15H21Br2N. The molecule has 100 valence electrons. The second-order valence-corrected chi connectivity index (χ2v) is 6.96. The smallest absolute Gasteiger partial charge is 0.0331 e. The summed E-state index contributed by atoms with van der Waals surface area (Å²) in [7, 11) is 0. The minimum Gasteiger partial charge on any atom is -0.310 e. The van der Waals surface area contributed by atoms with Crippen LogP contribution in [-0.2, 0) is 0 Å². The lowest BCUT2D eigenvalue weighted by atomic mass is 10.0. The Morgan fingerprint density at radius 2 is 2.11 bits per heavy atom. The highest BCUT2D eigenvalue weighted by molar-refractivity contribution is 9.11. The maximum atomic E-state index is 3.69. The predicted octanol–water partition coefficient (Wildman–Crippen LogP) is 5.44. The van der Waals surface area contributed by atoms with E-state index in [0.29, 0.717) is 6.04 Å². The van der Waals surface area contributed by atoms with Crippen molar-refractivity contribution >= 4 is 31.9 Å². The van der Waals surface area contributed by atoms with Gasteiger partial charge >= 0.3 is 0 Å². The van der Waals surface area contributed by atoms with E-state index in [1.54, 1.807) is 0 Å². The van der Waals surface area contributed by atoms with Crippen molar-refractivity contribution < 1.29 is 0 Å². The lowest BCUT2D eigenvalue weighted by Crippen LogP contribution is -2.22. The first kappa shape index (κ1) is 14.5. The van der Waals surface area contributed by atoms with Crippen molar-refractivity contribution in [3.63, 3.8) is 0 Å². The Morgan fingerprint density at radius 3 is 2.78 bits per heavy atom. The molecule has 18 heavy (non-hydrogen) atoms. The Labute approximate surface area is 127 Å².